The highest BCUT2D eigenvalue weighted by atomic mass is 16.5. The Kier molecular flexibility index (Phi) is 5.96. The number of aryl methyl sites for hydroxylation is 2. The maximum absolute atomic E-state index is 12.5. The molecule has 3 rings (SSSR count). The molecule has 30 heavy (non-hydrogen) atoms. The van der Waals surface area contributed by atoms with Gasteiger partial charge in [0.2, 0.25) is 0 Å². The number of rotatable bonds is 5. The van der Waals surface area contributed by atoms with Gasteiger partial charge < -0.3 is 19.2 Å². The number of methoxy groups -OCH3 is 2. The summed E-state index contributed by atoms with van der Waals surface area (Å²) in [5, 5.41) is 2.73. The van der Waals surface area contributed by atoms with Gasteiger partial charge in [-0.1, -0.05) is 12.1 Å². The molecule has 0 aliphatic rings. The minimum absolute atomic E-state index is 0.151. The SMILES string of the molecule is COC(=O)c1c(C)nc(C)c(C(=O)OC)c1-c1cccc(NC(=O)c2ccco2)c1. The summed E-state index contributed by atoms with van der Waals surface area (Å²) < 4.78 is 14.9. The van der Waals surface area contributed by atoms with E-state index in [1.165, 1.54) is 20.5 Å². The maximum Gasteiger partial charge on any atom is 0.340 e. The molecule has 0 aliphatic carbocycles. The summed E-state index contributed by atoms with van der Waals surface area (Å²) in [5.41, 5.74) is 2.41. The van der Waals surface area contributed by atoms with E-state index in [-0.39, 0.29) is 16.9 Å². The molecular weight excluding hydrogens is 388 g/mol. The van der Waals surface area contributed by atoms with Gasteiger partial charge in [0.15, 0.2) is 5.76 Å². The van der Waals surface area contributed by atoms with Crippen molar-refractivity contribution in [2.75, 3.05) is 19.5 Å². The van der Waals surface area contributed by atoms with Crippen molar-refractivity contribution in [2.24, 2.45) is 0 Å². The smallest absolute Gasteiger partial charge is 0.340 e. The van der Waals surface area contributed by atoms with E-state index in [0.29, 0.717) is 28.2 Å². The summed E-state index contributed by atoms with van der Waals surface area (Å²) in [4.78, 5) is 41.7. The van der Waals surface area contributed by atoms with Crippen LogP contribution in [-0.4, -0.2) is 37.0 Å². The lowest BCUT2D eigenvalue weighted by molar-refractivity contribution is 0.0598. The number of anilines is 1. The van der Waals surface area contributed by atoms with Crippen molar-refractivity contribution in [1.82, 2.24) is 4.98 Å². The Bertz CT molecular complexity index is 1080. The van der Waals surface area contributed by atoms with Gasteiger partial charge in [0.1, 0.15) is 0 Å². The molecule has 8 heteroatoms. The molecule has 1 N–H and O–H groups in total. The van der Waals surface area contributed by atoms with E-state index in [2.05, 4.69) is 10.3 Å². The lowest BCUT2D eigenvalue weighted by Crippen LogP contribution is -2.16. The van der Waals surface area contributed by atoms with E-state index in [1.807, 2.05) is 0 Å². The molecule has 0 bridgehead atoms. The Morgan fingerprint density at radius 3 is 2.10 bits per heavy atom. The molecule has 154 valence electrons. The summed E-state index contributed by atoms with van der Waals surface area (Å²) in [5.74, 6) is -1.54. The van der Waals surface area contributed by atoms with Crippen molar-refractivity contribution >= 4 is 23.5 Å². The van der Waals surface area contributed by atoms with Gasteiger partial charge in [-0.25, -0.2) is 9.59 Å². The Labute approximate surface area is 172 Å². The van der Waals surface area contributed by atoms with Gasteiger partial charge in [-0.15, -0.1) is 0 Å². The normalized spacial score (nSPS) is 10.4. The molecule has 8 nitrogen and oxygen atoms in total. The first-order valence-corrected chi connectivity index (χ1v) is 9.00. The number of carbonyl (C=O) groups excluding carboxylic acids is 3. The number of amides is 1. The summed E-state index contributed by atoms with van der Waals surface area (Å²) in [6, 6.07) is 9.89. The van der Waals surface area contributed by atoms with Crippen LogP contribution in [0, 0.1) is 13.8 Å². The van der Waals surface area contributed by atoms with Crippen LogP contribution >= 0.6 is 0 Å². The highest BCUT2D eigenvalue weighted by Gasteiger charge is 2.27. The number of esters is 2. The molecule has 0 spiro atoms. The third-order valence-electron chi connectivity index (χ3n) is 4.49. The van der Waals surface area contributed by atoms with Crippen molar-refractivity contribution in [1.29, 1.82) is 0 Å². The summed E-state index contributed by atoms with van der Waals surface area (Å²) in [6.07, 6.45) is 1.40. The zero-order valence-electron chi connectivity index (χ0n) is 16.9. The van der Waals surface area contributed by atoms with Gasteiger partial charge in [-0.2, -0.15) is 0 Å². The van der Waals surface area contributed by atoms with E-state index in [0.717, 1.165) is 0 Å². The van der Waals surface area contributed by atoms with Crippen LogP contribution in [0.25, 0.3) is 11.1 Å². The number of hydrogen-bond donors (Lipinski definition) is 1. The van der Waals surface area contributed by atoms with Crippen molar-refractivity contribution in [3.05, 3.63) is 70.9 Å². The predicted molar refractivity (Wildman–Crippen MR) is 108 cm³/mol. The molecule has 0 fully saturated rings. The van der Waals surface area contributed by atoms with Gasteiger partial charge in [-0.05, 0) is 43.7 Å². The molecule has 0 atom stereocenters. The fraction of sp³-hybridized carbons (Fsp3) is 0.182. The number of ether oxygens (including phenoxy) is 2. The van der Waals surface area contributed by atoms with Crippen LogP contribution in [0.15, 0.2) is 47.1 Å². The second-order valence-electron chi connectivity index (χ2n) is 6.40. The summed E-state index contributed by atoms with van der Waals surface area (Å²) >= 11 is 0. The van der Waals surface area contributed by atoms with Gasteiger partial charge in [0.05, 0.1) is 43.0 Å². The minimum atomic E-state index is -0.634. The van der Waals surface area contributed by atoms with E-state index >= 15 is 0 Å². The number of hydrogen-bond acceptors (Lipinski definition) is 7. The quantitative estimate of drug-likeness (QED) is 0.640. The number of nitrogens with zero attached hydrogens (tertiary/aromatic N) is 1. The monoisotopic (exact) mass is 408 g/mol. The number of nitrogens with one attached hydrogen (secondary N) is 1. The van der Waals surface area contributed by atoms with E-state index in [9.17, 15) is 14.4 Å². The molecule has 2 aromatic heterocycles. The second kappa shape index (κ2) is 8.60. The Balaban J connectivity index is 2.18. The van der Waals surface area contributed by atoms with Crippen LogP contribution in [-0.2, 0) is 9.47 Å². The third-order valence-corrected chi connectivity index (χ3v) is 4.49. The topological polar surface area (TPSA) is 108 Å². The molecule has 0 saturated heterocycles. The number of aromatic nitrogens is 1. The van der Waals surface area contributed by atoms with Crippen LogP contribution in [0.5, 0.6) is 0 Å². The zero-order valence-corrected chi connectivity index (χ0v) is 16.9. The molecular formula is C22H20N2O6. The molecule has 0 saturated carbocycles. The van der Waals surface area contributed by atoms with Gasteiger partial charge >= 0.3 is 11.9 Å². The second-order valence-corrected chi connectivity index (χ2v) is 6.40. The molecule has 0 radical (unpaired) electrons. The number of pyridine rings is 1. The fourth-order valence-corrected chi connectivity index (χ4v) is 3.20. The largest absolute Gasteiger partial charge is 0.465 e. The standard InChI is InChI=1S/C22H20N2O6/c1-12-17(21(26)28-3)19(18(13(2)23-12)22(27)29-4)14-7-5-8-15(11-14)24-20(25)16-9-6-10-30-16/h5-11H,1-4H3,(H,24,25). The zero-order chi connectivity index (χ0) is 21.8. The first-order chi connectivity index (χ1) is 14.4. The molecule has 1 amide bonds. The third kappa shape index (κ3) is 3.93. The van der Waals surface area contributed by atoms with Crippen LogP contribution < -0.4 is 5.32 Å². The summed E-state index contributed by atoms with van der Waals surface area (Å²) in [7, 11) is 2.51. The van der Waals surface area contributed by atoms with Gasteiger partial charge in [0.25, 0.3) is 5.91 Å². The lowest BCUT2D eigenvalue weighted by Gasteiger charge is -2.17. The van der Waals surface area contributed by atoms with Crippen LogP contribution in [0.4, 0.5) is 5.69 Å². The van der Waals surface area contributed by atoms with Crippen LogP contribution in [0.3, 0.4) is 0 Å². The number of furan rings is 1. The number of carbonyl (C=O) groups is 3. The van der Waals surface area contributed by atoms with E-state index < -0.39 is 17.8 Å². The van der Waals surface area contributed by atoms with Gasteiger partial charge in [-0.3, -0.25) is 9.78 Å². The molecule has 1 aromatic carbocycles. The van der Waals surface area contributed by atoms with E-state index in [1.54, 1.807) is 50.2 Å². The molecule has 0 unspecified atom stereocenters. The molecule has 2 heterocycles. The predicted octanol–water partition coefficient (Wildman–Crippen LogP) is 3.78. The van der Waals surface area contributed by atoms with E-state index in [4.69, 9.17) is 13.9 Å². The Hall–Kier alpha value is -3.94. The van der Waals surface area contributed by atoms with Crippen LogP contribution in [0.2, 0.25) is 0 Å². The first kappa shape index (κ1) is 20.8. The van der Waals surface area contributed by atoms with Crippen molar-refractivity contribution in [3.63, 3.8) is 0 Å². The lowest BCUT2D eigenvalue weighted by atomic mass is 9.92. The fourth-order valence-electron chi connectivity index (χ4n) is 3.20. The molecule has 0 aliphatic heterocycles. The maximum atomic E-state index is 12.5. The Morgan fingerprint density at radius 1 is 0.933 bits per heavy atom. The average Bonchev–Trinajstić information content (AvgIpc) is 3.27. The Morgan fingerprint density at radius 2 is 1.57 bits per heavy atom. The van der Waals surface area contributed by atoms with Crippen molar-refractivity contribution in [2.45, 2.75) is 13.8 Å². The van der Waals surface area contributed by atoms with Crippen LogP contribution in [0.1, 0.15) is 42.7 Å². The first-order valence-electron chi connectivity index (χ1n) is 9.00. The highest BCUT2D eigenvalue weighted by molar-refractivity contribution is 6.08. The minimum Gasteiger partial charge on any atom is -0.465 e. The van der Waals surface area contributed by atoms with Crippen molar-refractivity contribution in [3.8, 4) is 11.1 Å². The molecule has 3 aromatic rings. The average molecular weight is 408 g/mol. The van der Waals surface area contributed by atoms with Crippen molar-refractivity contribution < 1.29 is 28.3 Å². The van der Waals surface area contributed by atoms with Gasteiger partial charge in [0, 0.05) is 11.3 Å². The highest BCUT2D eigenvalue weighted by Crippen LogP contribution is 2.33. The summed E-state index contributed by atoms with van der Waals surface area (Å²) in [6.45, 7) is 3.32. The number of benzene rings is 1.